The molecule has 2 aromatic heterocycles. The van der Waals surface area contributed by atoms with Crippen LogP contribution in [0.3, 0.4) is 0 Å². The van der Waals surface area contributed by atoms with Gasteiger partial charge in [-0.25, -0.2) is 4.79 Å². The van der Waals surface area contributed by atoms with Gasteiger partial charge < -0.3 is 29.4 Å². The van der Waals surface area contributed by atoms with Gasteiger partial charge in [-0.3, -0.25) is 9.59 Å². The van der Waals surface area contributed by atoms with Crippen LogP contribution in [-0.2, 0) is 20.8 Å². The van der Waals surface area contributed by atoms with Crippen molar-refractivity contribution in [1.29, 1.82) is 0 Å². The molecule has 0 saturated heterocycles. The summed E-state index contributed by atoms with van der Waals surface area (Å²) in [6.45, 7) is 4.44. The maximum atomic E-state index is 12.4. The molecule has 2 amide bonds. The topological polar surface area (TPSA) is 142 Å². The largest absolute Gasteiger partial charge is 0.548 e. The van der Waals surface area contributed by atoms with Crippen molar-refractivity contribution in [1.82, 2.24) is 10.6 Å². The molecule has 0 aliphatic rings. The summed E-state index contributed by atoms with van der Waals surface area (Å²) >= 11 is 0. The maximum Gasteiger partial charge on any atom is 0.340 e. The fourth-order valence-corrected chi connectivity index (χ4v) is 3.31. The predicted molar refractivity (Wildman–Crippen MR) is 101 cm³/mol. The quantitative estimate of drug-likeness (QED) is 0.555. The summed E-state index contributed by atoms with van der Waals surface area (Å²) in [5.41, 5.74) is 2.89. The van der Waals surface area contributed by atoms with Crippen molar-refractivity contribution >= 4 is 39.7 Å². The van der Waals surface area contributed by atoms with Gasteiger partial charge in [-0.05, 0) is 43.5 Å². The Hall–Kier alpha value is -3.62. The third-order valence-electron chi connectivity index (χ3n) is 4.68. The molecule has 1 aromatic carbocycles. The number of amides is 2. The summed E-state index contributed by atoms with van der Waals surface area (Å²) < 4.78 is 11.1. The molecule has 3 rings (SSSR count). The van der Waals surface area contributed by atoms with Crippen LogP contribution < -0.4 is 21.4 Å². The third kappa shape index (κ3) is 3.98. The van der Waals surface area contributed by atoms with Crippen molar-refractivity contribution < 1.29 is 28.3 Å². The van der Waals surface area contributed by atoms with Crippen LogP contribution in [0.1, 0.15) is 22.3 Å². The third-order valence-corrected chi connectivity index (χ3v) is 4.68. The van der Waals surface area contributed by atoms with Crippen LogP contribution in [0.25, 0.3) is 21.9 Å². The number of aliphatic carboxylic acids is 1. The van der Waals surface area contributed by atoms with Gasteiger partial charge in [-0.15, -0.1) is 0 Å². The smallest absolute Gasteiger partial charge is 0.340 e. The summed E-state index contributed by atoms with van der Waals surface area (Å²) in [5.74, 6) is -2.71. The second-order valence-electron chi connectivity index (χ2n) is 6.78. The fraction of sp³-hybridized carbons (Fsp3) is 0.300. The highest BCUT2D eigenvalue weighted by Gasteiger charge is 2.20. The average molecular weight is 399 g/mol. The molecule has 0 unspecified atom stereocenters. The second-order valence-corrected chi connectivity index (χ2v) is 6.78. The zero-order valence-electron chi connectivity index (χ0n) is 16.1. The van der Waals surface area contributed by atoms with Crippen molar-refractivity contribution in [2.45, 2.75) is 27.2 Å². The number of carbonyl (C=O) groups excluding carboxylic acids is 3. The Morgan fingerprint density at radius 2 is 1.69 bits per heavy atom. The Kier molecular flexibility index (Phi) is 5.40. The second kappa shape index (κ2) is 7.78. The lowest BCUT2D eigenvalue weighted by Crippen LogP contribution is -2.43. The first-order chi connectivity index (χ1) is 13.7. The van der Waals surface area contributed by atoms with Gasteiger partial charge in [0.25, 0.3) is 0 Å². The molecule has 0 spiro atoms. The van der Waals surface area contributed by atoms with Crippen LogP contribution in [0, 0.1) is 20.8 Å². The van der Waals surface area contributed by atoms with Crippen molar-refractivity contribution in [3.05, 3.63) is 45.0 Å². The Labute approximate surface area is 164 Å². The van der Waals surface area contributed by atoms with E-state index in [9.17, 15) is 24.3 Å². The van der Waals surface area contributed by atoms with Gasteiger partial charge in [-0.1, -0.05) is 0 Å². The first-order valence-electron chi connectivity index (χ1n) is 8.86. The van der Waals surface area contributed by atoms with Gasteiger partial charge >= 0.3 is 5.63 Å². The van der Waals surface area contributed by atoms with Crippen LogP contribution in [-0.4, -0.2) is 30.9 Å². The highest BCUT2D eigenvalue weighted by molar-refractivity contribution is 6.07. The molecule has 0 saturated carbocycles. The number of hydrogen-bond acceptors (Lipinski definition) is 7. The van der Waals surface area contributed by atoms with E-state index in [1.165, 1.54) is 0 Å². The summed E-state index contributed by atoms with van der Waals surface area (Å²) in [6.07, 6.45) is 1.33. The molecule has 3 aromatic rings. The van der Waals surface area contributed by atoms with Gasteiger partial charge in [0.15, 0.2) is 0 Å². The molecular formula is C20H19N2O7-. The van der Waals surface area contributed by atoms with Gasteiger partial charge in [0.2, 0.25) is 11.8 Å². The van der Waals surface area contributed by atoms with Crippen LogP contribution in [0.2, 0.25) is 0 Å². The number of hydrogen-bond donors (Lipinski definition) is 2. The van der Waals surface area contributed by atoms with Crippen molar-refractivity contribution in [2.24, 2.45) is 0 Å². The van der Waals surface area contributed by atoms with Crippen LogP contribution in [0.15, 0.2) is 26.0 Å². The molecule has 152 valence electrons. The minimum Gasteiger partial charge on any atom is -0.548 e. The lowest BCUT2D eigenvalue weighted by atomic mass is 9.99. The molecule has 0 aliphatic carbocycles. The van der Waals surface area contributed by atoms with Gasteiger partial charge in [0, 0.05) is 5.39 Å². The Balaban J connectivity index is 1.88. The Morgan fingerprint density at radius 3 is 2.38 bits per heavy atom. The number of aryl methyl sites for hydroxylation is 3. The SMILES string of the molecule is Cc1coc2c1c(C)cc1oc(=O)c(CC(=O)NCC(=O)NCC(=O)[O-])c(C)c12. The first kappa shape index (κ1) is 20.1. The lowest BCUT2D eigenvalue weighted by Gasteiger charge is -2.10. The number of rotatable bonds is 6. The number of nitrogens with one attached hydrogen (secondary N) is 2. The van der Waals surface area contributed by atoms with E-state index in [2.05, 4.69) is 10.6 Å². The number of fused-ring (bicyclic) bond motifs is 3. The van der Waals surface area contributed by atoms with E-state index in [-0.39, 0.29) is 12.0 Å². The summed E-state index contributed by atoms with van der Waals surface area (Å²) in [4.78, 5) is 46.4. The number of benzene rings is 1. The predicted octanol–water partition coefficient (Wildman–Crippen LogP) is -0.0107. The van der Waals surface area contributed by atoms with E-state index in [1.54, 1.807) is 19.3 Å². The standard InChI is InChI=1S/C20H20N2O7/c1-9-4-13-18(19-17(9)10(2)8-28-19)11(3)12(20(27)29-13)5-14(23)21-6-15(24)22-7-16(25)26/h4,8H,5-7H2,1-3H3,(H,21,23)(H,22,24)(H,25,26)/p-1. The lowest BCUT2D eigenvalue weighted by molar-refractivity contribution is -0.304. The first-order valence-corrected chi connectivity index (χ1v) is 8.86. The zero-order valence-corrected chi connectivity index (χ0v) is 16.1. The van der Waals surface area contributed by atoms with Crippen molar-refractivity contribution in [2.75, 3.05) is 13.1 Å². The highest BCUT2D eigenvalue weighted by atomic mass is 16.4. The Bertz CT molecular complexity index is 1200. The van der Waals surface area contributed by atoms with E-state index in [0.29, 0.717) is 22.1 Å². The molecule has 9 heteroatoms. The molecule has 9 nitrogen and oxygen atoms in total. The maximum absolute atomic E-state index is 12.4. The summed E-state index contributed by atoms with van der Waals surface area (Å²) in [6, 6.07) is 1.76. The minimum absolute atomic E-state index is 0.157. The number of carboxylic acid groups (broad SMARTS) is 1. The summed E-state index contributed by atoms with van der Waals surface area (Å²) in [5, 5.41) is 16.3. The molecule has 0 atom stereocenters. The van der Waals surface area contributed by atoms with Crippen LogP contribution in [0.5, 0.6) is 0 Å². The monoisotopic (exact) mass is 399 g/mol. The van der Waals surface area contributed by atoms with Crippen molar-refractivity contribution in [3.63, 3.8) is 0 Å². The van der Waals surface area contributed by atoms with E-state index in [1.807, 2.05) is 13.8 Å². The van der Waals surface area contributed by atoms with Gasteiger partial charge in [-0.2, -0.15) is 0 Å². The molecule has 2 N–H and O–H groups in total. The van der Waals surface area contributed by atoms with Crippen molar-refractivity contribution in [3.8, 4) is 0 Å². The Morgan fingerprint density at radius 1 is 1.00 bits per heavy atom. The number of carbonyl (C=O) groups is 3. The van der Waals surface area contributed by atoms with Crippen LogP contribution >= 0.6 is 0 Å². The zero-order chi connectivity index (χ0) is 21.3. The number of furan rings is 1. The molecule has 0 bridgehead atoms. The summed E-state index contributed by atoms with van der Waals surface area (Å²) in [7, 11) is 0. The van der Waals surface area contributed by atoms with Gasteiger partial charge in [0.05, 0.1) is 42.7 Å². The van der Waals surface area contributed by atoms with E-state index >= 15 is 0 Å². The molecular weight excluding hydrogens is 380 g/mol. The number of carboxylic acids is 1. The van der Waals surface area contributed by atoms with E-state index < -0.39 is 36.5 Å². The van der Waals surface area contributed by atoms with E-state index in [4.69, 9.17) is 8.83 Å². The molecule has 0 radical (unpaired) electrons. The minimum atomic E-state index is -1.44. The average Bonchev–Trinajstić information content (AvgIpc) is 3.03. The molecule has 0 fully saturated rings. The highest BCUT2D eigenvalue weighted by Crippen LogP contribution is 2.34. The fourth-order valence-electron chi connectivity index (χ4n) is 3.31. The molecule has 29 heavy (non-hydrogen) atoms. The van der Waals surface area contributed by atoms with Gasteiger partial charge in [0.1, 0.15) is 11.2 Å². The van der Waals surface area contributed by atoms with Crippen LogP contribution in [0.4, 0.5) is 0 Å². The van der Waals surface area contributed by atoms with E-state index in [0.717, 1.165) is 16.5 Å². The molecule has 2 heterocycles. The molecule has 0 aliphatic heterocycles. The normalized spacial score (nSPS) is 11.0.